The third kappa shape index (κ3) is 7.84. The van der Waals surface area contributed by atoms with Crippen molar-refractivity contribution in [2.24, 2.45) is 5.92 Å². The number of hydrazine groups is 1. The third-order valence-electron chi connectivity index (χ3n) is 5.28. The van der Waals surface area contributed by atoms with E-state index in [1.165, 1.54) is 4.90 Å². The molecule has 1 saturated heterocycles. The van der Waals surface area contributed by atoms with Gasteiger partial charge in [-0.25, -0.2) is 15.0 Å². The highest BCUT2D eigenvalue weighted by Crippen LogP contribution is 2.31. The van der Waals surface area contributed by atoms with Crippen LogP contribution in [0.1, 0.15) is 67.9 Å². The van der Waals surface area contributed by atoms with E-state index in [-0.39, 0.29) is 13.0 Å². The Balaban J connectivity index is 2.13. The molecule has 1 aliphatic rings. The van der Waals surface area contributed by atoms with E-state index in [4.69, 9.17) is 0 Å². The quantitative estimate of drug-likeness (QED) is 0.195. The number of hydrogen-bond acceptors (Lipinski definition) is 7. The molecule has 0 aromatic carbocycles. The van der Waals surface area contributed by atoms with Gasteiger partial charge in [-0.3, -0.25) is 30.4 Å². The van der Waals surface area contributed by atoms with Crippen molar-refractivity contribution in [2.45, 2.75) is 58.0 Å². The number of carbonyl (C=O) groups is 3. The molecule has 1 aliphatic heterocycles. The minimum atomic E-state index is -4.91. The van der Waals surface area contributed by atoms with Crippen LogP contribution in [0.4, 0.5) is 19.1 Å². The van der Waals surface area contributed by atoms with Gasteiger partial charge in [0.1, 0.15) is 0 Å². The van der Waals surface area contributed by atoms with Gasteiger partial charge in [-0.1, -0.05) is 26.2 Å². The standard InChI is InChI=1S/C20H29F3N6O4/c1-2-3-5-8-14(12-29(33)13-30)17(31)26-27-19-24-11-15(16(25-19)20(21,22)23)18(32)28-9-6-4-7-10-28/h11,13-14,33H,2-10,12H2,1H3,(H,26,31)(H,24,25,27)/t14-/m0/s1. The SMILES string of the molecule is CCCCC[C@@H](CN(O)C=O)C(=O)NNc1ncc(C(=O)N2CCCCC2)c(C(F)(F)F)n1. The maximum absolute atomic E-state index is 13.6. The lowest BCUT2D eigenvalue weighted by atomic mass is 10.0. The lowest BCUT2D eigenvalue weighted by Gasteiger charge is -2.27. The predicted molar refractivity (Wildman–Crippen MR) is 111 cm³/mol. The van der Waals surface area contributed by atoms with Crippen LogP contribution in [0.2, 0.25) is 0 Å². The molecule has 1 aromatic rings. The van der Waals surface area contributed by atoms with Crippen LogP contribution in [0.5, 0.6) is 0 Å². The van der Waals surface area contributed by atoms with Crippen LogP contribution in [-0.4, -0.2) is 63.0 Å². The molecule has 1 fully saturated rings. The maximum Gasteiger partial charge on any atom is 0.434 e. The Morgan fingerprint density at radius 2 is 1.97 bits per heavy atom. The Bertz CT molecular complexity index is 817. The van der Waals surface area contributed by atoms with E-state index >= 15 is 0 Å². The fourth-order valence-corrected chi connectivity index (χ4v) is 3.52. The molecular formula is C20H29F3N6O4. The first kappa shape index (κ1) is 26.3. The second-order valence-electron chi connectivity index (χ2n) is 7.84. The van der Waals surface area contributed by atoms with Crippen molar-refractivity contribution < 1.29 is 32.8 Å². The summed E-state index contributed by atoms with van der Waals surface area (Å²) in [5.41, 5.74) is 2.40. The number of unbranched alkanes of at least 4 members (excludes halogenated alkanes) is 2. The van der Waals surface area contributed by atoms with Gasteiger partial charge in [0.15, 0.2) is 5.69 Å². The number of nitrogens with one attached hydrogen (secondary N) is 2. The van der Waals surface area contributed by atoms with E-state index in [9.17, 15) is 32.8 Å². The molecule has 0 spiro atoms. The van der Waals surface area contributed by atoms with Crippen LogP contribution >= 0.6 is 0 Å². The minimum absolute atomic E-state index is 0.157. The molecule has 0 aliphatic carbocycles. The number of amides is 3. The number of hydrogen-bond donors (Lipinski definition) is 3. The number of halogens is 3. The molecule has 0 saturated carbocycles. The zero-order chi connectivity index (χ0) is 24.4. The lowest BCUT2D eigenvalue weighted by molar-refractivity contribution is -0.154. The first-order chi connectivity index (χ1) is 15.7. The van der Waals surface area contributed by atoms with Gasteiger partial charge in [0.2, 0.25) is 18.3 Å². The van der Waals surface area contributed by atoms with Gasteiger partial charge in [0.05, 0.1) is 18.0 Å². The van der Waals surface area contributed by atoms with Gasteiger partial charge >= 0.3 is 6.18 Å². The molecule has 0 radical (unpaired) electrons. The third-order valence-corrected chi connectivity index (χ3v) is 5.28. The lowest BCUT2D eigenvalue weighted by Crippen LogP contribution is -2.41. The van der Waals surface area contributed by atoms with E-state index in [0.717, 1.165) is 25.5 Å². The molecule has 3 N–H and O–H groups in total. The maximum atomic E-state index is 13.6. The fourth-order valence-electron chi connectivity index (χ4n) is 3.52. The summed E-state index contributed by atoms with van der Waals surface area (Å²) in [5.74, 6) is -2.79. The van der Waals surface area contributed by atoms with E-state index < -0.39 is 41.1 Å². The van der Waals surface area contributed by atoms with Crippen LogP contribution in [0.15, 0.2) is 6.20 Å². The molecule has 1 aromatic heterocycles. The summed E-state index contributed by atoms with van der Waals surface area (Å²) in [6.07, 6.45) is 1.11. The highest BCUT2D eigenvalue weighted by Gasteiger charge is 2.39. The number of piperidine rings is 1. The normalized spacial score (nSPS) is 15.0. The minimum Gasteiger partial charge on any atom is -0.339 e. The van der Waals surface area contributed by atoms with Gasteiger partial charge in [0, 0.05) is 19.3 Å². The molecule has 184 valence electrons. The molecule has 2 heterocycles. The Morgan fingerprint density at radius 1 is 1.27 bits per heavy atom. The molecule has 1 atom stereocenters. The Morgan fingerprint density at radius 3 is 2.58 bits per heavy atom. The second kappa shape index (κ2) is 12.3. The van der Waals surface area contributed by atoms with Crippen molar-refractivity contribution in [1.82, 2.24) is 25.4 Å². The number of hydroxylamine groups is 2. The van der Waals surface area contributed by atoms with E-state index in [1.54, 1.807) is 0 Å². The Labute approximate surface area is 189 Å². The Kier molecular flexibility index (Phi) is 9.82. The number of carbonyl (C=O) groups excluding carboxylic acids is 3. The van der Waals surface area contributed by atoms with Gasteiger partial charge in [0.25, 0.3) is 5.91 Å². The first-order valence-electron chi connectivity index (χ1n) is 10.9. The van der Waals surface area contributed by atoms with E-state index in [1.807, 2.05) is 6.92 Å². The average Bonchev–Trinajstić information content (AvgIpc) is 2.81. The Hall–Kier alpha value is -2.96. The monoisotopic (exact) mass is 474 g/mol. The molecule has 33 heavy (non-hydrogen) atoms. The van der Waals surface area contributed by atoms with Crippen molar-refractivity contribution in [3.63, 3.8) is 0 Å². The zero-order valence-corrected chi connectivity index (χ0v) is 18.4. The van der Waals surface area contributed by atoms with Crippen LogP contribution in [0.3, 0.4) is 0 Å². The molecule has 0 bridgehead atoms. The molecule has 0 unspecified atom stereocenters. The number of nitrogens with zero attached hydrogens (tertiary/aromatic N) is 4. The van der Waals surface area contributed by atoms with Crippen molar-refractivity contribution in [3.05, 3.63) is 17.5 Å². The fraction of sp³-hybridized carbons (Fsp3) is 0.650. The predicted octanol–water partition coefficient (Wildman–Crippen LogP) is 2.61. The summed E-state index contributed by atoms with van der Waals surface area (Å²) in [6, 6.07) is 0. The summed E-state index contributed by atoms with van der Waals surface area (Å²) >= 11 is 0. The zero-order valence-electron chi connectivity index (χ0n) is 18.4. The highest BCUT2D eigenvalue weighted by molar-refractivity contribution is 5.95. The average molecular weight is 474 g/mol. The molecule has 10 nitrogen and oxygen atoms in total. The summed E-state index contributed by atoms with van der Waals surface area (Å²) in [6.45, 7) is 2.43. The highest BCUT2D eigenvalue weighted by atomic mass is 19.4. The summed E-state index contributed by atoms with van der Waals surface area (Å²) in [4.78, 5) is 44.2. The summed E-state index contributed by atoms with van der Waals surface area (Å²) in [7, 11) is 0. The molecule has 3 amide bonds. The van der Waals surface area contributed by atoms with E-state index in [2.05, 4.69) is 20.8 Å². The van der Waals surface area contributed by atoms with Crippen molar-refractivity contribution in [2.75, 3.05) is 25.1 Å². The van der Waals surface area contributed by atoms with Gasteiger partial charge in [-0.2, -0.15) is 13.2 Å². The summed E-state index contributed by atoms with van der Waals surface area (Å²) < 4.78 is 40.8. The van der Waals surface area contributed by atoms with Crippen molar-refractivity contribution >= 4 is 24.2 Å². The van der Waals surface area contributed by atoms with Crippen molar-refractivity contribution in [1.29, 1.82) is 0 Å². The molecular weight excluding hydrogens is 445 g/mol. The topological polar surface area (TPSA) is 128 Å². The number of rotatable bonds is 11. The van der Waals surface area contributed by atoms with E-state index in [0.29, 0.717) is 43.8 Å². The second-order valence-corrected chi connectivity index (χ2v) is 7.84. The summed E-state index contributed by atoms with van der Waals surface area (Å²) in [5, 5.41) is 9.74. The van der Waals surface area contributed by atoms with Crippen LogP contribution < -0.4 is 10.9 Å². The number of likely N-dealkylation sites (tertiary alicyclic amines) is 1. The number of alkyl halides is 3. The van der Waals surface area contributed by atoms with Crippen molar-refractivity contribution in [3.8, 4) is 0 Å². The first-order valence-corrected chi connectivity index (χ1v) is 10.9. The van der Waals surface area contributed by atoms with Crippen LogP contribution in [0, 0.1) is 5.92 Å². The van der Waals surface area contributed by atoms with Gasteiger partial charge in [-0.15, -0.1) is 0 Å². The van der Waals surface area contributed by atoms with Gasteiger partial charge < -0.3 is 4.90 Å². The van der Waals surface area contributed by atoms with Crippen LogP contribution in [-0.2, 0) is 15.8 Å². The van der Waals surface area contributed by atoms with Gasteiger partial charge in [-0.05, 0) is 25.7 Å². The number of aromatic nitrogens is 2. The number of anilines is 1. The smallest absolute Gasteiger partial charge is 0.339 e. The largest absolute Gasteiger partial charge is 0.434 e. The molecule has 2 rings (SSSR count). The molecule has 13 heteroatoms. The van der Waals surface area contributed by atoms with Crippen LogP contribution in [0.25, 0.3) is 0 Å².